The molecule has 0 radical (unpaired) electrons. The average Bonchev–Trinajstić information content (AvgIpc) is 3.02. The van der Waals surface area contributed by atoms with E-state index in [0.717, 1.165) is 62.4 Å². The minimum Gasteiger partial charge on any atom is -0.298 e. The summed E-state index contributed by atoms with van der Waals surface area (Å²) in [5.74, 6) is 0. The first-order valence-corrected chi connectivity index (χ1v) is 12.5. The summed E-state index contributed by atoms with van der Waals surface area (Å²) in [6.45, 7) is 0. The van der Waals surface area contributed by atoms with Crippen molar-refractivity contribution in [2.45, 2.75) is 0 Å². The predicted molar refractivity (Wildman–Crippen MR) is 155 cm³/mol. The summed E-state index contributed by atoms with van der Waals surface area (Å²) in [7, 11) is 0. The zero-order valence-electron chi connectivity index (χ0n) is 20.7. The molecule has 3 nitrogen and oxygen atoms in total. The lowest BCUT2D eigenvalue weighted by molar-refractivity contribution is 0.112. The van der Waals surface area contributed by atoms with Gasteiger partial charge in [-0.1, -0.05) is 133 Å². The van der Waals surface area contributed by atoms with E-state index in [0.29, 0.717) is 5.56 Å². The lowest BCUT2D eigenvalue weighted by Gasteiger charge is -2.18. The van der Waals surface area contributed by atoms with E-state index in [9.17, 15) is 4.79 Å². The molecule has 0 aliphatic carbocycles. The number of aromatic nitrogens is 2. The third-order valence-electron chi connectivity index (χ3n) is 6.55. The van der Waals surface area contributed by atoms with Crippen LogP contribution in [0.3, 0.4) is 0 Å². The summed E-state index contributed by atoms with van der Waals surface area (Å²) >= 11 is 0. The Balaban J connectivity index is 1.68. The Morgan fingerprint density at radius 1 is 0.395 bits per heavy atom. The summed E-state index contributed by atoms with van der Waals surface area (Å²) in [6.07, 6.45) is 0.878. The van der Waals surface area contributed by atoms with Gasteiger partial charge in [0.25, 0.3) is 0 Å². The first-order chi connectivity index (χ1) is 18.8. The van der Waals surface area contributed by atoms with Crippen LogP contribution in [0.4, 0.5) is 0 Å². The van der Waals surface area contributed by atoms with Crippen molar-refractivity contribution in [3.8, 4) is 56.2 Å². The third kappa shape index (κ3) is 4.54. The van der Waals surface area contributed by atoms with E-state index in [1.807, 2.05) is 91.0 Å². The van der Waals surface area contributed by atoms with E-state index in [2.05, 4.69) is 48.5 Å². The fraction of sp³-hybridized carbons (Fsp3) is 0. The topological polar surface area (TPSA) is 42.9 Å². The predicted octanol–water partition coefficient (Wildman–Crippen LogP) is 8.62. The smallest absolute Gasteiger partial charge is 0.150 e. The van der Waals surface area contributed by atoms with Gasteiger partial charge in [-0.25, -0.2) is 9.97 Å². The Kier molecular flexibility index (Phi) is 6.40. The number of aldehydes is 1. The lowest BCUT2D eigenvalue weighted by atomic mass is 9.93. The van der Waals surface area contributed by atoms with Crippen LogP contribution in [0.25, 0.3) is 56.2 Å². The molecule has 1 heterocycles. The Labute approximate surface area is 222 Å². The highest BCUT2D eigenvalue weighted by Gasteiger charge is 2.21. The second-order valence-corrected chi connectivity index (χ2v) is 9.01. The number of carbonyl (C=O) groups excluding carboxylic acids is 1. The number of carbonyl (C=O) groups is 1. The van der Waals surface area contributed by atoms with E-state index >= 15 is 0 Å². The highest BCUT2D eigenvalue weighted by Crippen LogP contribution is 2.40. The molecule has 0 saturated heterocycles. The van der Waals surface area contributed by atoms with E-state index in [-0.39, 0.29) is 0 Å². The van der Waals surface area contributed by atoms with Crippen molar-refractivity contribution >= 4 is 6.29 Å². The van der Waals surface area contributed by atoms with Gasteiger partial charge in [0.05, 0.1) is 22.8 Å². The highest BCUT2D eigenvalue weighted by molar-refractivity contribution is 5.92. The van der Waals surface area contributed by atoms with E-state index < -0.39 is 0 Å². The van der Waals surface area contributed by atoms with Gasteiger partial charge in [-0.3, -0.25) is 4.79 Å². The normalized spacial score (nSPS) is 10.7. The number of nitrogens with zero attached hydrogens (tertiary/aromatic N) is 2. The van der Waals surface area contributed by atoms with Gasteiger partial charge in [0.1, 0.15) is 6.29 Å². The summed E-state index contributed by atoms with van der Waals surface area (Å²) in [6, 6.07) is 46.4. The first-order valence-electron chi connectivity index (χ1n) is 12.5. The Bertz CT molecular complexity index is 1710. The van der Waals surface area contributed by atoms with Gasteiger partial charge in [0.2, 0.25) is 0 Å². The summed E-state index contributed by atoms with van der Waals surface area (Å²) in [4.78, 5) is 22.2. The van der Waals surface area contributed by atoms with Gasteiger partial charge < -0.3 is 0 Å². The zero-order valence-corrected chi connectivity index (χ0v) is 20.7. The SMILES string of the molecule is O=Cc1cccc(-c2ccccc2-c2nc(-c3ccccc3)c(-c3ccccc3)nc2-c2ccccc2)c1. The number of hydrogen-bond donors (Lipinski definition) is 0. The fourth-order valence-electron chi connectivity index (χ4n) is 4.74. The van der Waals surface area contributed by atoms with Crippen LogP contribution in [-0.4, -0.2) is 16.3 Å². The molecule has 6 rings (SSSR count). The molecule has 0 fully saturated rings. The summed E-state index contributed by atoms with van der Waals surface area (Å²) in [5.41, 5.74) is 9.80. The largest absolute Gasteiger partial charge is 0.298 e. The first kappa shape index (κ1) is 23.3. The van der Waals surface area contributed by atoms with Crippen LogP contribution in [-0.2, 0) is 0 Å². The fourth-order valence-corrected chi connectivity index (χ4v) is 4.74. The van der Waals surface area contributed by atoms with Crippen LogP contribution in [0.5, 0.6) is 0 Å². The van der Waals surface area contributed by atoms with Crippen LogP contribution < -0.4 is 0 Å². The van der Waals surface area contributed by atoms with Gasteiger partial charge >= 0.3 is 0 Å². The molecule has 5 aromatic carbocycles. The van der Waals surface area contributed by atoms with Gasteiger partial charge in [-0.05, 0) is 17.2 Å². The van der Waals surface area contributed by atoms with Crippen molar-refractivity contribution in [2.75, 3.05) is 0 Å². The molecular weight excluding hydrogens is 464 g/mol. The van der Waals surface area contributed by atoms with Crippen LogP contribution in [0.1, 0.15) is 10.4 Å². The minimum atomic E-state index is 0.635. The van der Waals surface area contributed by atoms with Crippen molar-refractivity contribution in [1.82, 2.24) is 9.97 Å². The molecule has 0 aliphatic heterocycles. The molecule has 180 valence electrons. The van der Waals surface area contributed by atoms with E-state index in [1.165, 1.54) is 0 Å². The molecule has 0 bridgehead atoms. The van der Waals surface area contributed by atoms with Gasteiger partial charge in [0, 0.05) is 27.8 Å². The van der Waals surface area contributed by atoms with Crippen LogP contribution in [0.15, 0.2) is 140 Å². The molecule has 0 aliphatic rings. The monoisotopic (exact) mass is 488 g/mol. The van der Waals surface area contributed by atoms with Gasteiger partial charge in [0.15, 0.2) is 0 Å². The Morgan fingerprint density at radius 3 is 1.34 bits per heavy atom. The molecule has 38 heavy (non-hydrogen) atoms. The molecule has 0 amide bonds. The molecule has 0 saturated carbocycles. The van der Waals surface area contributed by atoms with Gasteiger partial charge in [-0.15, -0.1) is 0 Å². The average molecular weight is 489 g/mol. The summed E-state index contributed by atoms with van der Waals surface area (Å²) < 4.78 is 0. The minimum absolute atomic E-state index is 0.635. The molecule has 1 aromatic heterocycles. The maximum atomic E-state index is 11.5. The summed E-state index contributed by atoms with van der Waals surface area (Å²) in [5, 5.41) is 0. The quantitative estimate of drug-likeness (QED) is 0.220. The molecule has 0 spiro atoms. The maximum absolute atomic E-state index is 11.5. The highest BCUT2D eigenvalue weighted by atomic mass is 16.1. The zero-order chi connectivity index (χ0) is 25.7. The number of rotatable bonds is 6. The molecule has 0 N–H and O–H groups in total. The van der Waals surface area contributed by atoms with E-state index in [4.69, 9.17) is 9.97 Å². The number of benzene rings is 5. The molecule has 0 atom stereocenters. The van der Waals surface area contributed by atoms with Crippen molar-refractivity contribution in [2.24, 2.45) is 0 Å². The van der Waals surface area contributed by atoms with Crippen LogP contribution >= 0.6 is 0 Å². The van der Waals surface area contributed by atoms with E-state index in [1.54, 1.807) is 0 Å². The standard InChI is InChI=1S/C35H24N2O/c38-24-25-13-12-20-29(23-25)30-21-10-11-22-31(30)35-34(28-18-8-3-9-19-28)36-32(26-14-4-1-5-15-26)33(37-35)27-16-6-2-7-17-27/h1-24H. The lowest BCUT2D eigenvalue weighted by Crippen LogP contribution is -2.01. The third-order valence-corrected chi connectivity index (χ3v) is 6.55. The van der Waals surface area contributed by atoms with Crippen molar-refractivity contribution in [1.29, 1.82) is 0 Å². The molecular formula is C35H24N2O. The van der Waals surface area contributed by atoms with Crippen molar-refractivity contribution < 1.29 is 4.79 Å². The Hall–Kier alpha value is -5.15. The maximum Gasteiger partial charge on any atom is 0.150 e. The van der Waals surface area contributed by atoms with Crippen molar-refractivity contribution in [3.05, 3.63) is 145 Å². The van der Waals surface area contributed by atoms with Crippen molar-refractivity contribution in [3.63, 3.8) is 0 Å². The van der Waals surface area contributed by atoms with Crippen LogP contribution in [0.2, 0.25) is 0 Å². The number of hydrogen-bond acceptors (Lipinski definition) is 3. The second kappa shape index (κ2) is 10.5. The molecule has 3 heteroatoms. The van der Waals surface area contributed by atoms with Gasteiger partial charge in [-0.2, -0.15) is 0 Å². The molecule has 0 unspecified atom stereocenters. The Morgan fingerprint density at radius 2 is 0.816 bits per heavy atom. The second-order valence-electron chi connectivity index (χ2n) is 9.01. The van der Waals surface area contributed by atoms with Crippen LogP contribution in [0, 0.1) is 0 Å². The molecule has 6 aromatic rings.